The second kappa shape index (κ2) is 8.71. The normalized spacial score (nSPS) is 15.6. The number of carbonyl (C=O) groups excluding carboxylic acids is 2. The summed E-state index contributed by atoms with van der Waals surface area (Å²) in [4.78, 5) is 26.1. The number of hydrogen-bond acceptors (Lipinski definition) is 7. The van der Waals surface area contributed by atoms with Crippen LogP contribution in [0.15, 0.2) is 17.8 Å². The first-order chi connectivity index (χ1) is 14.1. The lowest BCUT2D eigenvalue weighted by Gasteiger charge is -2.11. The molecule has 0 unspecified atom stereocenters. The molecule has 29 heavy (non-hydrogen) atoms. The Bertz CT molecular complexity index is 946. The molecule has 1 amide bonds. The van der Waals surface area contributed by atoms with Gasteiger partial charge >= 0.3 is 5.97 Å². The van der Waals surface area contributed by atoms with Crippen LogP contribution >= 0.6 is 23.1 Å². The third-order valence-electron chi connectivity index (χ3n) is 5.15. The van der Waals surface area contributed by atoms with E-state index in [0.717, 1.165) is 55.1 Å². The number of nitrogens with one attached hydrogen (secondary N) is 1. The zero-order valence-electron chi connectivity index (χ0n) is 16.4. The van der Waals surface area contributed by atoms with Crippen LogP contribution in [0.3, 0.4) is 0 Å². The van der Waals surface area contributed by atoms with E-state index in [-0.39, 0.29) is 17.6 Å². The fourth-order valence-corrected chi connectivity index (χ4v) is 5.66. The van der Waals surface area contributed by atoms with Crippen molar-refractivity contribution in [3.05, 3.63) is 34.5 Å². The number of carbonyl (C=O) groups is 2. The first-order valence-electron chi connectivity index (χ1n) is 9.81. The number of thiophene rings is 1. The zero-order chi connectivity index (χ0) is 20.4. The molecular weight excluding hydrogens is 408 g/mol. The minimum atomic E-state index is -0.382. The summed E-state index contributed by atoms with van der Waals surface area (Å²) < 4.78 is 7.00. The number of anilines is 1. The summed E-state index contributed by atoms with van der Waals surface area (Å²) in [5.41, 5.74) is 1.56. The summed E-state index contributed by atoms with van der Waals surface area (Å²) in [7, 11) is 1.38. The van der Waals surface area contributed by atoms with Crippen LogP contribution in [0.25, 0.3) is 0 Å². The van der Waals surface area contributed by atoms with E-state index in [1.807, 2.05) is 10.6 Å². The van der Waals surface area contributed by atoms with Gasteiger partial charge in [-0.25, -0.2) is 4.79 Å². The number of amides is 1. The predicted molar refractivity (Wildman–Crippen MR) is 114 cm³/mol. The maximum atomic E-state index is 12.6. The van der Waals surface area contributed by atoms with E-state index in [2.05, 4.69) is 22.1 Å². The van der Waals surface area contributed by atoms with Crippen LogP contribution in [0.1, 0.15) is 58.2 Å². The summed E-state index contributed by atoms with van der Waals surface area (Å²) in [5, 5.41) is 12.8. The molecule has 2 aromatic heterocycles. The van der Waals surface area contributed by atoms with Gasteiger partial charge in [0, 0.05) is 17.3 Å². The number of aryl methyl sites for hydroxylation is 1. The smallest absolute Gasteiger partial charge is 0.341 e. The second-order valence-electron chi connectivity index (χ2n) is 7.26. The molecule has 1 fully saturated rings. The van der Waals surface area contributed by atoms with Crippen molar-refractivity contribution in [3.63, 3.8) is 0 Å². The lowest BCUT2D eigenvalue weighted by Crippen LogP contribution is -2.17. The number of nitrogens with zero attached hydrogens (tertiary/aromatic N) is 3. The fraction of sp³-hybridized carbons (Fsp3) is 0.500. The van der Waals surface area contributed by atoms with Gasteiger partial charge in [-0.05, 0) is 44.1 Å². The molecule has 1 saturated carbocycles. The van der Waals surface area contributed by atoms with Crippen LogP contribution in [0.4, 0.5) is 5.00 Å². The van der Waals surface area contributed by atoms with Gasteiger partial charge in [-0.15, -0.1) is 28.1 Å². The summed E-state index contributed by atoms with van der Waals surface area (Å²) in [5.74, 6) is 1.10. The monoisotopic (exact) mass is 432 g/mol. The minimum absolute atomic E-state index is 0.167. The number of methoxy groups -OCH3 is 1. The Morgan fingerprint density at radius 1 is 1.34 bits per heavy atom. The Labute approximate surface area is 177 Å². The largest absolute Gasteiger partial charge is 0.465 e. The Balaban J connectivity index is 1.46. The van der Waals surface area contributed by atoms with E-state index >= 15 is 0 Å². The van der Waals surface area contributed by atoms with Crippen molar-refractivity contribution in [2.75, 3.05) is 18.2 Å². The van der Waals surface area contributed by atoms with Crippen LogP contribution in [0.2, 0.25) is 0 Å². The van der Waals surface area contributed by atoms with Crippen LogP contribution in [-0.2, 0) is 28.9 Å². The van der Waals surface area contributed by atoms with Crippen LogP contribution in [0, 0.1) is 0 Å². The number of fused-ring (bicyclic) bond motifs is 1. The molecule has 0 bridgehead atoms. The van der Waals surface area contributed by atoms with Gasteiger partial charge in [-0.2, -0.15) is 0 Å². The molecule has 7 nitrogen and oxygen atoms in total. The Kier molecular flexibility index (Phi) is 6.05. The highest BCUT2D eigenvalue weighted by atomic mass is 32.2. The molecule has 154 valence electrons. The van der Waals surface area contributed by atoms with Gasteiger partial charge in [0.2, 0.25) is 5.91 Å². The number of allylic oxidation sites excluding steroid dienone is 1. The average Bonchev–Trinajstić information content (AvgIpc) is 3.39. The van der Waals surface area contributed by atoms with Crippen molar-refractivity contribution in [2.24, 2.45) is 0 Å². The number of thioether (sulfide) groups is 1. The molecule has 2 heterocycles. The average molecular weight is 433 g/mol. The van der Waals surface area contributed by atoms with E-state index in [0.29, 0.717) is 23.0 Å². The zero-order valence-corrected chi connectivity index (χ0v) is 18.0. The molecule has 0 aromatic carbocycles. The van der Waals surface area contributed by atoms with Gasteiger partial charge in [0.05, 0.1) is 18.4 Å². The quantitative estimate of drug-likeness (QED) is 0.388. The Hall–Kier alpha value is -2.13. The van der Waals surface area contributed by atoms with Crippen molar-refractivity contribution in [3.8, 4) is 0 Å². The molecule has 0 aliphatic heterocycles. The SMILES string of the molecule is C=CCn1c(SCC(=O)Nc2sc3c(c2C(=O)OC)CCCC3)nnc1C1CC1. The summed E-state index contributed by atoms with van der Waals surface area (Å²) in [6, 6.07) is 0. The number of esters is 1. The van der Waals surface area contributed by atoms with Gasteiger partial charge in [-0.3, -0.25) is 4.79 Å². The Morgan fingerprint density at radius 3 is 2.86 bits per heavy atom. The lowest BCUT2D eigenvalue weighted by atomic mass is 9.95. The first-order valence-corrected chi connectivity index (χ1v) is 11.6. The molecule has 2 aromatic rings. The molecule has 4 rings (SSSR count). The molecule has 0 atom stereocenters. The van der Waals surface area contributed by atoms with Gasteiger partial charge in [0.15, 0.2) is 5.16 Å². The topological polar surface area (TPSA) is 86.1 Å². The van der Waals surface area contributed by atoms with Gasteiger partial charge in [0.1, 0.15) is 10.8 Å². The summed E-state index contributed by atoms with van der Waals surface area (Å²) in [6.45, 7) is 4.44. The highest BCUT2D eigenvalue weighted by molar-refractivity contribution is 7.99. The predicted octanol–water partition coefficient (Wildman–Crippen LogP) is 3.80. The van der Waals surface area contributed by atoms with Gasteiger partial charge in [0.25, 0.3) is 0 Å². The molecule has 0 saturated heterocycles. The standard InChI is InChI=1S/C20H24N4O3S2/c1-3-10-24-17(12-8-9-12)22-23-20(24)28-11-15(25)21-18-16(19(26)27-2)13-6-4-5-7-14(13)29-18/h3,12H,1,4-11H2,2H3,(H,21,25). The number of aromatic nitrogens is 3. The van der Waals surface area contributed by atoms with Crippen LogP contribution in [-0.4, -0.2) is 39.5 Å². The lowest BCUT2D eigenvalue weighted by molar-refractivity contribution is -0.113. The molecule has 9 heteroatoms. The van der Waals surface area contributed by atoms with Crippen molar-refractivity contribution in [2.45, 2.75) is 56.1 Å². The van der Waals surface area contributed by atoms with E-state index in [1.54, 1.807) is 0 Å². The highest BCUT2D eigenvalue weighted by Gasteiger charge is 2.30. The van der Waals surface area contributed by atoms with E-state index in [4.69, 9.17) is 4.74 Å². The summed E-state index contributed by atoms with van der Waals surface area (Å²) >= 11 is 2.85. The molecule has 1 N–H and O–H groups in total. The molecule has 2 aliphatic rings. The fourth-order valence-electron chi connectivity index (χ4n) is 3.62. The minimum Gasteiger partial charge on any atom is -0.465 e. The van der Waals surface area contributed by atoms with E-state index < -0.39 is 0 Å². The van der Waals surface area contributed by atoms with Crippen LogP contribution < -0.4 is 5.32 Å². The van der Waals surface area contributed by atoms with Crippen molar-refractivity contribution >= 4 is 40.0 Å². The maximum Gasteiger partial charge on any atom is 0.341 e. The molecule has 0 radical (unpaired) electrons. The van der Waals surface area contributed by atoms with Gasteiger partial charge < -0.3 is 14.6 Å². The molecule has 0 spiro atoms. The number of rotatable bonds is 8. The summed E-state index contributed by atoms with van der Waals surface area (Å²) in [6.07, 6.45) is 8.06. The number of ether oxygens (including phenoxy) is 1. The van der Waals surface area contributed by atoms with Crippen LogP contribution in [0.5, 0.6) is 0 Å². The molecular formula is C20H24N4O3S2. The first kappa shape index (κ1) is 20.2. The Morgan fingerprint density at radius 2 is 2.14 bits per heavy atom. The van der Waals surface area contributed by atoms with E-state index in [9.17, 15) is 9.59 Å². The van der Waals surface area contributed by atoms with Crippen molar-refractivity contribution in [1.29, 1.82) is 0 Å². The van der Waals surface area contributed by atoms with Crippen molar-refractivity contribution < 1.29 is 14.3 Å². The van der Waals surface area contributed by atoms with E-state index in [1.165, 1.54) is 35.1 Å². The third kappa shape index (κ3) is 4.25. The van der Waals surface area contributed by atoms with Crippen molar-refractivity contribution in [1.82, 2.24) is 14.8 Å². The molecule has 2 aliphatic carbocycles. The second-order valence-corrected chi connectivity index (χ2v) is 9.31. The third-order valence-corrected chi connectivity index (χ3v) is 7.32. The highest BCUT2D eigenvalue weighted by Crippen LogP contribution is 2.40. The van der Waals surface area contributed by atoms with Gasteiger partial charge in [-0.1, -0.05) is 17.8 Å². The maximum absolute atomic E-state index is 12.6. The number of hydrogen-bond donors (Lipinski definition) is 1.